The summed E-state index contributed by atoms with van der Waals surface area (Å²) in [4.78, 5) is 10.7. The van der Waals surface area contributed by atoms with Gasteiger partial charge in [0.2, 0.25) is 0 Å². The highest BCUT2D eigenvalue weighted by Gasteiger charge is 2.06. The molecular weight excluding hydrogens is 204 g/mol. The first kappa shape index (κ1) is 10.4. The molecule has 16 heavy (non-hydrogen) atoms. The van der Waals surface area contributed by atoms with Crippen molar-refractivity contribution in [2.24, 2.45) is 0 Å². The summed E-state index contributed by atoms with van der Waals surface area (Å²) in [6, 6.07) is 9.76. The zero-order valence-corrected chi connectivity index (χ0v) is 8.88. The van der Waals surface area contributed by atoms with E-state index in [1.165, 1.54) is 6.20 Å². The highest BCUT2D eigenvalue weighted by Crippen LogP contribution is 2.09. The summed E-state index contributed by atoms with van der Waals surface area (Å²) >= 11 is 0. The van der Waals surface area contributed by atoms with Crippen LogP contribution in [-0.2, 0) is 6.54 Å². The zero-order chi connectivity index (χ0) is 11.5. The maximum atomic E-state index is 10.7. The smallest absolute Gasteiger partial charge is 0.0749 e. The van der Waals surface area contributed by atoms with Gasteiger partial charge in [-0.2, -0.15) is 5.10 Å². The lowest BCUT2D eigenvalue weighted by molar-refractivity contribution is -0.255. The van der Waals surface area contributed by atoms with Crippen molar-refractivity contribution in [2.75, 3.05) is 0 Å². The van der Waals surface area contributed by atoms with E-state index in [0.717, 1.165) is 5.56 Å². The minimum atomic E-state index is -1.18. The molecule has 0 saturated heterocycles. The van der Waals surface area contributed by atoms with Gasteiger partial charge in [0.1, 0.15) is 0 Å². The fourth-order valence-electron chi connectivity index (χ4n) is 1.56. The Morgan fingerprint density at radius 1 is 1.38 bits per heavy atom. The first-order valence-corrected chi connectivity index (χ1v) is 4.96. The predicted molar refractivity (Wildman–Crippen MR) is 56.8 cm³/mol. The van der Waals surface area contributed by atoms with Gasteiger partial charge in [-0.25, -0.2) is 0 Å². The van der Waals surface area contributed by atoms with Crippen LogP contribution in [0.15, 0.2) is 36.5 Å². The van der Waals surface area contributed by atoms with Crippen molar-refractivity contribution in [2.45, 2.75) is 13.5 Å². The minimum Gasteiger partial charge on any atom is -0.545 e. The number of rotatable bonds is 3. The van der Waals surface area contributed by atoms with Crippen LogP contribution in [0.4, 0.5) is 0 Å². The van der Waals surface area contributed by atoms with Crippen LogP contribution in [0.1, 0.15) is 21.6 Å². The van der Waals surface area contributed by atoms with Crippen molar-refractivity contribution < 1.29 is 9.90 Å². The zero-order valence-electron chi connectivity index (χ0n) is 8.88. The van der Waals surface area contributed by atoms with Crippen molar-refractivity contribution in [3.05, 3.63) is 53.3 Å². The van der Waals surface area contributed by atoms with E-state index in [0.29, 0.717) is 12.2 Å². The Morgan fingerprint density at radius 3 is 2.62 bits per heavy atom. The first-order valence-electron chi connectivity index (χ1n) is 4.96. The van der Waals surface area contributed by atoms with E-state index in [-0.39, 0.29) is 5.56 Å². The van der Waals surface area contributed by atoms with Gasteiger partial charge in [-0.05, 0) is 12.5 Å². The minimum absolute atomic E-state index is 0.149. The van der Waals surface area contributed by atoms with Crippen molar-refractivity contribution in [3.8, 4) is 0 Å². The fraction of sp³-hybridized carbons (Fsp3) is 0.167. The largest absolute Gasteiger partial charge is 0.545 e. The van der Waals surface area contributed by atoms with Crippen LogP contribution in [0.25, 0.3) is 0 Å². The second-order valence-electron chi connectivity index (χ2n) is 3.57. The molecule has 0 aliphatic rings. The lowest BCUT2D eigenvalue weighted by Gasteiger charge is -2.06. The quantitative estimate of drug-likeness (QED) is 0.753. The molecule has 0 aliphatic carbocycles. The Morgan fingerprint density at radius 2 is 2.06 bits per heavy atom. The normalized spacial score (nSPS) is 10.3. The average Bonchev–Trinajstić information content (AvgIpc) is 2.62. The molecule has 1 aromatic heterocycles. The molecule has 82 valence electrons. The summed E-state index contributed by atoms with van der Waals surface area (Å²) in [5.41, 5.74) is 1.85. The third-order valence-corrected chi connectivity index (χ3v) is 2.50. The standard InChI is InChI=1S/C12H12N2O2/c1-9-11(12(15)16)7-13-14(9)8-10-5-3-2-4-6-10/h2-7H,8H2,1H3,(H,15,16)/p-1. The summed E-state index contributed by atoms with van der Waals surface area (Å²) in [5.74, 6) is -1.18. The number of carbonyl (C=O) groups is 1. The van der Waals surface area contributed by atoms with Crippen molar-refractivity contribution in [1.82, 2.24) is 9.78 Å². The molecule has 2 aromatic rings. The summed E-state index contributed by atoms with van der Waals surface area (Å²) in [5, 5.41) is 14.8. The Kier molecular flexibility index (Phi) is 2.72. The van der Waals surface area contributed by atoms with E-state index in [2.05, 4.69) is 5.10 Å². The third kappa shape index (κ3) is 1.95. The van der Waals surface area contributed by atoms with Gasteiger partial charge in [0.05, 0.1) is 18.7 Å². The fourth-order valence-corrected chi connectivity index (χ4v) is 1.56. The van der Waals surface area contributed by atoms with Crippen LogP contribution in [0.2, 0.25) is 0 Å². The highest BCUT2D eigenvalue weighted by molar-refractivity contribution is 5.86. The topological polar surface area (TPSA) is 57.9 Å². The second-order valence-corrected chi connectivity index (χ2v) is 3.57. The molecule has 0 fully saturated rings. The Bertz CT molecular complexity index is 503. The number of carboxylic acid groups (broad SMARTS) is 1. The molecule has 4 heteroatoms. The number of benzene rings is 1. The monoisotopic (exact) mass is 215 g/mol. The van der Waals surface area contributed by atoms with Gasteiger partial charge >= 0.3 is 0 Å². The summed E-state index contributed by atoms with van der Waals surface area (Å²) < 4.78 is 1.65. The van der Waals surface area contributed by atoms with Gasteiger partial charge in [-0.3, -0.25) is 4.68 Å². The van der Waals surface area contributed by atoms with Crippen molar-refractivity contribution in [3.63, 3.8) is 0 Å². The van der Waals surface area contributed by atoms with Crippen LogP contribution in [0.5, 0.6) is 0 Å². The molecule has 1 aromatic carbocycles. The Balaban J connectivity index is 2.26. The Labute approximate surface area is 93.1 Å². The summed E-state index contributed by atoms with van der Waals surface area (Å²) in [6.45, 7) is 2.29. The third-order valence-electron chi connectivity index (χ3n) is 2.50. The van der Waals surface area contributed by atoms with Crippen LogP contribution in [-0.4, -0.2) is 15.7 Å². The second kappa shape index (κ2) is 4.18. The van der Waals surface area contributed by atoms with Crippen LogP contribution in [0, 0.1) is 6.92 Å². The molecule has 2 rings (SSSR count). The molecule has 0 spiro atoms. The molecule has 0 amide bonds. The predicted octanol–water partition coefficient (Wildman–Crippen LogP) is 0.603. The SMILES string of the molecule is Cc1c(C(=O)[O-])cnn1Cc1ccccc1. The van der Waals surface area contributed by atoms with Gasteiger partial charge in [-0.1, -0.05) is 30.3 Å². The summed E-state index contributed by atoms with van der Waals surface area (Å²) in [7, 11) is 0. The van der Waals surface area contributed by atoms with E-state index in [1.54, 1.807) is 11.6 Å². The molecule has 0 N–H and O–H groups in total. The molecule has 0 unspecified atom stereocenters. The molecule has 4 nitrogen and oxygen atoms in total. The van der Waals surface area contributed by atoms with E-state index in [9.17, 15) is 9.90 Å². The van der Waals surface area contributed by atoms with Gasteiger partial charge in [0, 0.05) is 11.3 Å². The number of aromatic nitrogens is 2. The Hall–Kier alpha value is -2.10. The number of carbonyl (C=O) groups excluding carboxylic acids is 1. The highest BCUT2D eigenvalue weighted by atomic mass is 16.4. The van der Waals surface area contributed by atoms with Crippen LogP contribution >= 0.6 is 0 Å². The van der Waals surface area contributed by atoms with Gasteiger partial charge in [0.15, 0.2) is 0 Å². The maximum absolute atomic E-state index is 10.7. The molecular formula is C12H11N2O2-. The van der Waals surface area contributed by atoms with E-state index in [1.807, 2.05) is 30.3 Å². The first-order chi connectivity index (χ1) is 7.68. The molecule has 0 radical (unpaired) electrons. The number of carboxylic acids is 1. The van der Waals surface area contributed by atoms with Gasteiger partial charge in [0.25, 0.3) is 0 Å². The number of aromatic carboxylic acids is 1. The lowest BCUT2D eigenvalue weighted by Crippen LogP contribution is -2.22. The summed E-state index contributed by atoms with van der Waals surface area (Å²) in [6.07, 6.45) is 1.33. The molecule has 0 bridgehead atoms. The van der Waals surface area contributed by atoms with Crippen molar-refractivity contribution in [1.29, 1.82) is 0 Å². The van der Waals surface area contributed by atoms with Gasteiger partial charge in [-0.15, -0.1) is 0 Å². The molecule has 0 saturated carbocycles. The molecule has 1 heterocycles. The van der Waals surface area contributed by atoms with Crippen LogP contribution < -0.4 is 5.11 Å². The maximum Gasteiger partial charge on any atom is 0.0749 e. The average molecular weight is 215 g/mol. The number of hydrogen-bond donors (Lipinski definition) is 0. The van der Waals surface area contributed by atoms with E-state index < -0.39 is 5.97 Å². The van der Waals surface area contributed by atoms with E-state index in [4.69, 9.17) is 0 Å². The van der Waals surface area contributed by atoms with Crippen molar-refractivity contribution >= 4 is 5.97 Å². The molecule has 0 atom stereocenters. The van der Waals surface area contributed by atoms with Crippen LogP contribution in [0.3, 0.4) is 0 Å². The number of nitrogens with zero attached hydrogens (tertiary/aromatic N) is 2. The molecule has 0 aliphatic heterocycles. The van der Waals surface area contributed by atoms with Gasteiger partial charge < -0.3 is 9.90 Å². The number of hydrogen-bond acceptors (Lipinski definition) is 3. The lowest BCUT2D eigenvalue weighted by atomic mass is 10.2. The van der Waals surface area contributed by atoms with E-state index >= 15 is 0 Å².